The molecule has 1 aliphatic heterocycles. The number of imide groups is 1. The molecule has 0 bridgehead atoms. The van der Waals surface area contributed by atoms with Gasteiger partial charge in [0.05, 0.1) is 11.1 Å². The molecule has 10 heteroatoms. The van der Waals surface area contributed by atoms with Gasteiger partial charge in [0.1, 0.15) is 0 Å². The molecule has 2 rings (SSSR count). The van der Waals surface area contributed by atoms with Crippen LogP contribution in [0.4, 0.5) is 13.2 Å². The lowest BCUT2D eigenvalue weighted by molar-refractivity contribution is -0.0748. The molecule has 0 N–H and O–H groups in total. The van der Waals surface area contributed by atoms with E-state index in [1.54, 1.807) is 0 Å². The Kier molecular flexibility index (Phi) is 2.86. The number of benzene rings is 1. The molecule has 0 fully saturated rings. The molecule has 102 valence electrons. The third-order valence-electron chi connectivity index (χ3n) is 2.21. The number of fused-ring (bicyclic) bond motifs is 1. The molecule has 0 unspecified atom stereocenters. The summed E-state index contributed by atoms with van der Waals surface area (Å²) in [5, 5.41) is -0.423. The highest BCUT2D eigenvalue weighted by Gasteiger charge is 2.52. The van der Waals surface area contributed by atoms with Gasteiger partial charge in [0, 0.05) is 0 Å². The van der Waals surface area contributed by atoms with Crippen LogP contribution in [0.1, 0.15) is 20.7 Å². The van der Waals surface area contributed by atoms with Crippen LogP contribution in [0.15, 0.2) is 24.3 Å². The number of nitrogens with zero attached hydrogens (tertiary/aromatic N) is 1. The van der Waals surface area contributed by atoms with Crippen LogP contribution in [0, 0.1) is 0 Å². The van der Waals surface area contributed by atoms with Crippen molar-refractivity contribution in [2.45, 2.75) is 5.51 Å². The zero-order chi connectivity index (χ0) is 14.4. The molecule has 0 saturated heterocycles. The van der Waals surface area contributed by atoms with Gasteiger partial charge in [-0.25, -0.2) is 0 Å². The molecule has 0 aromatic heterocycles. The van der Waals surface area contributed by atoms with Crippen molar-refractivity contribution in [3.63, 3.8) is 0 Å². The lowest BCUT2D eigenvalue weighted by Gasteiger charge is -2.14. The highest BCUT2D eigenvalue weighted by Crippen LogP contribution is 2.29. The van der Waals surface area contributed by atoms with Crippen LogP contribution in [0.25, 0.3) is 0 Å². The average molecular weight is 295 g/mol. The number of amides is 2. The van der Waals surface area contributed by atoms with Crippen molar-refractivity contribution in [2.75, 3.05) is 0 Å². The molecule has 0 atom stereocenters. The number of hydrogen-bond acceptors (Lipinski definition) is 5. The van der Waals surface area contributed by atoms with Gasteiger partial charge in [0.25, 0.3) is 11.8 Å². The molecule has 0 aliphatic carbocycles. The standard InChI is InChI=1S/C9H4F3NO5S/c10-9(11,12)19(16,17)18-13-7(14)5-3-1-2-4-6(5)8(13)15/h1-4H. The van der Waals surface area contributed by atoms with E-state index in [2.05, 4.69) is 4.28 Å². The van der Waals surface area contributed by atoms with Crippen LogP contribution in [-0.2, 0) is 14.4 Å². The van der Waals surface area contributed by atoms with Crippen LogP contribution >= 0.6 is 0 Å². The Bertz CT molecular complexity index is 632. The van der Waals surface area contributed by atoms with Gasteiger partial charge in [-0.3, -0.25) is 9.59 Å². The Labute approximate surface area is 104 Å². The fourth-order valence-corrected chi connectivity index (χ4v) is 1.79. The SMILES string of the molecule is O=C1c2ccccc2C(=O)N1OS(=O)(=O)C(F)(F)F. The minimum Gasteiger partial charge on any atom is -0.266 e. The Morgan fingerprint density at radius 3 is 1.79 bits per heavy atom. The lowest BCUT2D eigenvalue weighted by Crippen LogP contribution is -2.37. The maximum atomic E-state index is 12.1. The van der Waals surface area contributed by atoms with Crippen LogP contribution in [0.2, 0.25) is 0 Å². The summed E-state index contributed by atoms with van der Waals surface area (Å²) in [6, 6.07) is 5.07. The summed E-state index contributed by atoms with van der Waals surface area (Å²) in [6.07, 6.45) is 0. The van der Waals surface area contributed by atoms with E-state index in [-0.39, 0.29) is 11.1 Å². The lowest BCUT2D eigenvalue weighted by atomic mass is 10.1. The van der Waals surface area contributed by atoms with Crippen molar-refractivity contribution in [2.24, 2.45) is 0 Å². The monoisotopic (exact) mass is 295 g/mol. The van der Waals surface area contributed by atoms with Crippen molar-refractivity contribution in [3.8, 4) is 0 Å². The number of hydroxylamine groups is 2. The number of carbonyl (C=O) groups is 2. The average Bonchev–Trinajstić information content (AvgIpc) is 2.54. The first-order chi connectivity index (χ1) is 8.65. The van der Waals surface area contributed by atoms with Crippen molar-refractivity contribution in [3.05, 3.63) is 35.4 Å². The van der Waals surface area contributed by atoms with Crippen LogP contribution in [0.5, 0.6) is 0 Å². The van der Waals surface area contributed by atoms with Gasteiger partial charge in [-0.05, 0) is 12.1 Å². The van der Waals surface area contributed by atoms with Gasteiger partial charge >= 0.3 is 15.6 Å². The van der Waals surface area contributed by atoms with Crippen molar-refractivity contribution in [1.29, 1.82) is 0 Å². The highest BCUT2D eigenvalue weighted by molar-refractivity contribution is 7.87. The van der Waals surface area contributed by atoms with Gasteiger partial charge in [0.15, 0.2) is 0 Å². The maximum Gasteiger partial charge on any atom is 0.525 e. The van der Waals surface area contributed by atoms with Crippen LogP contribution < -0.4 is 0 Å². The minimum absolute atomic E-state index is 0.232. The third kappa shape index (κ3) is 2.08. The van der Waals surface area contributed by atoms with Crippen molar-refractivity contribution in [1.82, 2.24) is 5.06 Å². The normalized spacial score (nSPS) is 15.8. The molecule has 0 spiro atoms. The molecule has 1 aliphatic rings. The Morgan fingerprint density at radius 2 is 1.42 bits per heavy atom. The van der Waals surface area contributed by atoms with E-state index in [1.807, 2.05) is 0 Å². The first kappa shape index (κ1) is 13.5. The molecule has 1 heterocycles. The van der Waals surface area contributed by atoms with E-state index in [1.165, 1.54) is 24.3 Å². The number of carbonyl (C=O) groups excluding carboxylic acids is 2. The first-order valence-electron chi connectivity index (χ1n) is 4.64. The summed E-state index contributed by atoms with van der Waals surface area (Å²) >= 11 is 0. The van der Waals surface area contributed by atoms with Gasteiger partial charge in [-0.2, -0.15) is 21.6 Å². The highest BCUT2D eigenvalue weighted by atomic mass is 32.2. The number of hydrogen-bond donors (Lipinski definition) is 0. The van der Waals surface area contributed by atoms with E-state index in [9.17, 15) is 31.2 Å². The number of alkyl halides is 3. The fourth-order valence-electron chi connectivity index (χ4n) is 1.38. The molecular formula is C9H4F3NO5S. The van der Waals surface area contributed by atoms with Gasteiger partial charge in [0.2, 0.25) is 0 Å². The first-order valence-corrected chi connectivity index (χ1v) is 6.04. The van der Waals surface area contributed by atoms with E-state index < -0.39 is 32.5 Å². The number of rotatable bonds is 2. The van der Waals surface area contributed by atoms with E-state index in [0.717, 1.165) is 0 Å². The van der Waals surface area contributed by atoms with Gasteiger partial charge in [-0.15, -0.1) is 9.35 Å². The number of halogens is 3. The van der Waals surface area contributed by atoms with E-state index in [4.69, 9.17) is 0 Å². The second-order valence-electron chi connectivity index (χ2n) is 3.42. The molecule has 1 aromatic carbocycles. The summed E-state index contributed by atoms with van der Waals surface area (Å²) in [5.74, 6) is -2.54. The van der Waals surface area contributed by atoms with Crippen LogP contribution in [-0.4, -0.2) is 30.8 Å². The Balaban J connectivity index is 2.37. The van der Waals surface area contributed by atoms with Gasteiger partial charge in [-0.1, -0.05) is 12.1 Å². The quantitative estimate of drug-likeness (QED) is 0.602. The van der Waals surface area contributed by atoms with Gasteiger partial charge < -0.3 is 0 Å². The predicted molar refractivity (Wildman–Crippen MR) is 53.0 cm³/mol. The molecule has 1 aromatic rings. The van der Waals surface area contributed by atoms with Crippen molar-refractivity contribution < 1.29 is 35.5 Å². The Hall–Kier alpha value is -1.94. The summed E-state index contributed by atoms with van der Waals surface area (Å²) in [4.78, 5) is 23.1. The molecule has 2 amide bonds. The summed E-state index contributed by atoms with van der Waals surface area (Å²) in [7, 11) is -6.08. The second kappa shape index (κ2) is 4.03. The topological polar surface area (TPSA) is 80.8 Å². The summed E-state index contributed by atoms with van der Waals surface area (Å²) in [5.41, 5.74) is -6.20. The maximum absolute atomic E-state index is 12.1. The largest absolute Gasteiger partial charge is 0.525 e. The molecular weight excluding hydrogens is 291 g/mol. The summed E-state index contributed by atoms with van der Waals surface area (Å²) in [6.45, 7) is 0. The van der Waals surface area contributed by atoms with E-state index in [0.29, 0.717) is 0 Å². The minimum atomic E-state index is -6.08. The second-order valence-corrected chi connectivity index (χ2v) is 4.94. The fraction of sp³-hybridized carbons (Fsp3) is 0.111. The molecule has 6 nitrogen and oxygen atoms in total. The Morgan fingerprint density at radius 1 is 1.00 bits per heavy atom. The zero-order valence-electron chi connectivity index (χ0n) is 8.84. The van der Waals surface area contributed by atoms with Crippen molar-refractivity contribution >= 4 is 21.9 Å². The predicted octanol–water partition coefficient (Wildman–Crippen LogP) is 1.06. The molecule has 0 saturated carbocycles. The van der Waals surface area contributed by atoms with E-state index >= 15 is 0 Å². The zero-order valence-corrected chi connectivity index (χ0v) is 9.66. The summed E-state index contributed by atoms with van der Waals surface area (Å²) < 4.78 is 61.4. The molecule has 0 radical (unpaired) electrons. The molecule has 19 heavy (non-hydrogen) atoms. The third-order valence-corrected chi connectivity index (χ3v) is 3.13. The smallest absolute Gasteiger partial charge is 0.266 e. The van der Waals surface area contributed by atoms with Crippen LogP contribution in [0.3, 0.4) is 0 Å².